The van der Waals surface area contributed by atoms with Crippen LogP contribution in [0.15, 0.2) is 240 Å². The molecule has 0 bridgehead atoms. The van der Waals surface area contributed by atoms with E-state index in [0.29, 0.717) is 23.1 Å². The number of nitrogens with one attached hydrogen (secondary N) is 1. The first kappa shape index (κ1) is 50.9. The number of para-hydroxylation sites is 4. The predicted octanol–water partition coefficient (Wildman–Crippen LogP) is 14.9. The first-order valence-corrected chi connectivity index (χ1v) is 25.2. The quantitative estimate of drug-likeness (QED) is 0.143. The van der Waals surface area contributed by atoms with Gasteiger partial charge >= 0.3 is 6.15 Å². The summed E-state index contributed by atoms with van der Waals surface area (Å²) >= 11 is 4.55. The fourth-order valence-electron chi connectivity index (χ4n) is 7.96. The lowest BCUT2D eigenvalue weighted by Crippen LogP contribution is -1.93. The number of pyridine rings is 3. The van der Waals surface area contributed by atoms with Crippen molar-refractivity contribution in [1.82, 2.24) is 34.5 Å². The van der Waals surface area contributed by atoms with E-state index in [1.165, 1.54) is 69.2 Å². The van der Waals surface area contributed by atoms with E-state index in [1.807, 2.05) is 54.6 Å². The van der Waals surface area contributed by atoms with E-state index in [-0.39, 0.29) is 11.9 Å². The molecule has 0 atom stereocenters. The average molecular weight is 1210 g/mol. The van der Waals surface area contributed by atoms with Crippen molar-refractivity contribution in [3.63, 3.8) is 0 Å². The summed E-state index contributed by atoms with van der Waals surface area (Å²) in [5.74, 6) is 1.28. The van der Waals surface area contributed by atoms with Crippen molar-refractivity contribution in [2.45, 2.75) is 0 Å². The minimum absolute atomic E-state index is 0.0347. The van der Waals surface area contributed by atoms with E-state index >= 15 is 0 Å². The van der Waals surface area contributed by atoms with Crippen molar-refractivity contribution in [3.8, 4) is 34.3 Å². The highest BCUT2D eigenvalue weighted by molar-refractivity contribution is 14.1. The Balaban J connectivity index is 0.000000124. The molecule has 7 aromatic carbocycles. The predicted molar refractivity (Wildman–Crippen MR) is 312 cm³/mol. The zero-order valence-electron chi connectivity index (χ0n) is 39.5. The maximum Gasteiger partial charge on any atom is 0.373 e. The number of H-pyrrole nitrogens is 1. The van der Waals surface area contributed by atoms with Crippen LogP contribution in [0.25, 0.3) is 94.4 Å². The lowest BCUT2D eigenvalue weighted by molar-refractivity contribution is -0.191. The van der Waals surface area contributed by atoms with Crippen LogP contribution in [0.2, 0.25) is 0 Å². The van der Waals surface area contributed by atoms with Gasteiger partial charge in [0, 0.05) is 75.1 Å². The molecule has 0 spiro atoms. The highest BCUT2D eigenvalue weighted by Crippen LogP contribution is 2.33. The van der Waals surface area contributed by atoms with E-state index in [1.54, 1.807) is 24.8 Å². The maximum absolute atomic E-state index is 8.73. The molecule has 0 saturated heterocycles. The number of rotatable bonds is 3. The summed E-state index contributed by atoms with van der Waals surface area (Å²) in [6.45, 7) is 0. The Morgan fingerprint density at radius 2 is 0.893 bits per heavy atom. The van der Waals surface area contributed by atoms with Crippen molar-refractivity contribution in [2.24, 2.45) is 0 Å². The fraction of sp³-hybridized carbons (Fsp3) is 0. The second kappa shape index (κ2) is 24.6. The second-order valence-electron chi connectivity index (χ2n) is 16.2. The zero-order valence-corrected chi connectivity index (χ0v) is 43.9. The number of nitrogens with zero attached hydrogens (tertiary/aromatic N) is 6. The van der Waals surface area contributed by atoms with E-state index in [0.717, 1.165) is 33.4 Å². The number of nitrogen functional groups attached to an aromatic ring is 1. The lowest BCUT2D eigenvalue weighted by Gasteiger charge is -2.08. The van der Waals surface area contributed by atoms with Crippen molar-refractivity contribution >= 4 is 123 Å². The van der Waals surface area contributed by atoms with Crippen LogP contribution in [0.1, 0.15) is 0 Å². The van der Waals surface area contributed by atoms with Crippen LogP contribution in [-0.4, -0.2) is 45.7 Å². The number of hydrogen-bond acceptors (Lipinski definition) is 11. The minimum atomic E-state index is 0.0347. The molecule has 0 amide bonds. The number of nitrogens with two attached hydrogens (primary N) is 1. The van der Waals surface area contributed by atoms with Gasteiger partial charge in [0.05, 0.1) is 35.3 Å². The number of aromatic nitrogens is 7. The lowest BCUT2D eigenvalue weighted by atomic mass is 10.2. The van der Waals surface area contributed by atoms with E-state index in [4.69, 9.17) is 29.3 Å². The molecule has 4 N–H and O–H groups in total. The van der Waals surface area contributed by atoms with Crippen LogP contribution in [-0.2, 0) is 9.59 Å². The normalized spacial score (nSPS) is 10.4. The molecule has 0 aliphatic carbocycles. The van der Waals surface area contributed by atoms with Gasteiger partial charge in [0.15, 0.2) is 16.9 Å². The monoisotopic (exact) mass is 1210 g/mol. The smallest absolute Gasteiger partial charge is 0.373 e. The number of anilines is 1. The summed E-state index contributed by atoms with van der Waals surface area (Å²) < 4.78 is 16.2. The first-order valence-electron chi connectivity index (χ1n) is 23.1. The highest BCUT2D eigenvalue weighted by atomic mass is 127. The van der Waals surface area contributed by atoms with E-state index < -0.39 is 0 Å². The molecule has 0 saturated carbocycles. The van der Waals surface area contributed by atoms with Gasteiger partial charge in [0.1, 0.15) is 11.0 Å². The number of oxazole rings is 2. The number of halogens is 2. The topological polar surface area (TPSA) is 192 Å². The molecule has 7 aromatic heterocycles. The van der Waals surface area contributed by atoms with E-state index in [2.05, 4.69) is 213 Å². The first-order chi connectivity index (χ1) is 36.8. The van der Waals surface area contributed by atoms with Gasteiger partial charge in [0.2, 0.25) is 11.8 Å². The Morgan fingerprint density at radius 1 is 0.480 bits per heavy atom. The summed E-state index contributed by atoms with van der Waals surface area (Å²) in [5.41, 5.74) is 16.5. The molecule has 0 radical (unpaired) electrons. The van der Waals surface area contributed by atoms with Crippen molar-refractivity contribution < 1.29 is 23.5 Å². The van der Waals surface area contributed by atoms with Crippen molar-refractivity contribution in [3.05, 3.63) is 238 Å². The Bertz CT molecular complexity index is 3980. The Hall–Kier alpha value is -9.03. The molecule has 75 heavy (non-hydrogen) atoms. The van der Waals surface area contributed by atoms with Gasteiger partial charge in [-0.25, -0.2) is 9.97 Å². The van der Waals surface area contributed by atoms with Gasteiger partial charge in [-0.3, -0.25) is 15.0 Å². The third-order valence-corrected chi connectivity index (χ3v) is 12.8. The number of fused-ring (bicyclic) bond motifs is 8. The van der Waals surface area contributed by atoms with Crippen LogP contribution < -0.4 is 5.73 Å². The molecule has 366 valence electrons. The fourth-order valence-corrected chi connectivity index (χ4v) is 8.74. The summed E-state index contributed by atoms with van der Waals surface area (Å²) in [4.78, 5) is 40.3. The van der Waals surface area contributed by atoms with E-state index in [9.17, 15) is 0 Å². The summed E-state index contributed by atoms with van der Waals surface area (Å²) in [6, 6.07) is 65.6. The summed E-state index contributed by atoms with van der Waals surface area (Å²) in [7, 11) is 0. The summed E-state index contributed by atoms with van der Waals surface area (Å²) in [5, 5.41) is 13.9. The molecule has 0 aliphatic heterocycles. The van der Waals surface area contributed by atoms with Gasteiger partial charge in [-0.15, -0.1) is 0 Å². The Labute approximate surface area is 456 Å². The van der Waals surface area contributed by atoms with Gasteiger partial charge in [-0.2, -0.15) is 9.59 Å². The second-order valence-corrected chi connectivity index (χ2v) is 18.7. The van der Waals surface area contributed by atoms with Crippen LogP contribution in [0.3, 0.4) is 0 Å². The number of aromatic amines is 1. The molecular formula is C60H42I2N8O5. The SMILES string of the molecule is Ic1ccc(-c2nc3ccncc3o2)cc1.Ic1ccccc1.Nc1ccncc1O.O=C=O.c1ccc2c(c1)[nH]c1ccccc12.c1ccc2c(c1)c1ccccc1n2-c1ccc(-c2nc3ccncc3o2)cc1. The van der Waals surface area contributed by atoms with Gasteiger partial charge in [-0.1, -0.05) is 91.0 Å². The number of carbonyl (C=O) groups excluding carboxylic acids is 2. The van der Waals surface area contributed by atoms with Crippen molar-refractivity contribution in [2.75, 3.05) is 5.73 Å². The maximum atomic E-state index is 8.73. The highest BCUT2D eigenvalue weighted by Gasteiger charge is 2.13. The molecule has 7 heterocycles. The zero-order chi connectivity index (χ0) is 51.9. The molecule has 13 nitrogen and oxygen atoms in total. The number of aromatic hydroxyl groups is 1. The van der Waals surface area contributed by atoms with Crippen LogP contribution in [0.4, 0.5) is 5.69 Å². The third-order valence-electron chi connectivity index (χ3n) is 11.4. The average Bonchev–Trinajstić information content (AvgIpc) is 4.26. The standard InChI is InChI=1S/C24H15N3O.C12H7IN2O.C12H9N.C6H5I.C5H6N2O.CO2/c1-3-7-21-18(5-1)19-6-2-4-8-22(19)27(21)17-11-9-16(10-12-17)24-26-20-13-14-25-15-23(20)28-24;13-9-3-1-8(2-4-9)12-15-10-5-6-14-7-11(10)16-12;1-3-7-11-9(5-1)10-6-2-4-8-12(10)13-11;7-6-4-2-1-3-5-6;6-4-1-2-7-3-5(4)8;2-1-3/h1-15H;1-7H;1-8,13H;1-5H;1-3,8H,(H2,6,7);. The van der Waals surface area contributed by atoms with Crippen LogP contribution in [0.5, 0.6) is 5.75 Å². The van der Waals surface area contributed by atoms with Crippen molar-refractivity contribution in [1.29, 1.82) is 0 Å². The molecule has 0 aliphatic rings. The van der Waals surface area contributed by atoms with Gasteiger partial charge in [0.25, 0.3) is 0 Å². The van der Waals surface area contributed by atoms with Gasteiger partial charge < -0.3 is 29.2 Å². The molecule has 15 heteroatoms. The van der Waals surface area contributed by atoms with Crippen LogP contribution >= 0.6 is 45.2 Å². The molecule has 0 fully saturated rings. The molecular weight excluding hydrogens is 1170 g/mol. The Morgan fingerprint density at radius 3 is 1.33 bits per heavy atom. The third kappa shape index (κ3) is 12.4. The largest absolute Gasteiger partial charge is 0.504 e. The molecule has 0 unspecified atom stereocenters. The Kier molecular flexibility index (Phi) is 16.7. The summed E-state index contributed by atoms with van der Waals surface area (Å²) in [6.07, 6.45) is 9.88. The molecule has 14 rings (SSSR count). The minimum Gasteiger partial charge on any atom is -0.504 e. The van der Waals surface area contributed by atoms with Gasteiger partial charge in [-0.05, 0) is 148 Å². The van der Waals surface area contributed by atoms with Crippen LogP contribution in [0, 0.1) is 7.14 Å². The number of benzene rings is 7. The number of hydrogen-bond donors (Lipinski definition) is 3. The molecule has 14 aromatic rings.